The molecule has 5 heteroatoms. The van der Waals surface area contributed by atoms with Crippen LogP contribution in [0.2, 0.25) is 0 Å². The van der Waals surface area contributed by atoms with Gasteiger partial charge in [0, 0.05) is 20.1 Å². The number of nitrogens with zero attached hydrogens (tertiary/aromatic N) is 3. The van der Waals surface area contributed by atoms with E-state index in [9.17, 15) is 4.79 Å². The van der Waals surface area contributed by atoms with Crippen LogP contribution in [0.5, 0.6) is 0 Å². The SMILES string of the molecule is CCCN(Cc1cc(-c2ccc3nc(C)[nH]c3c2)ccc1C)C(=O)N(C)[C@@H](C)c1ccccc1. The molecule has 1 atom stereocenters. The van der Waals surface area contributed by atoms with Crippen LogP contribution in [0, 0.1) is 13.8 Å². The number of nitrogens with one attached hydrogen (secondary N) is 1. The van der Waals surface area contributed by atoms with E-state index in [-0.39, 0.29) is 12.1 Å². The van der Waals surface area contributed by atoms with Crippen LogP contribution >= 0.6 is 0 Å². The molecule has 0 saturated heterocycles. The number of carbonyl (C=O) groups excluding carboxylic acids is 1. The Morgan fingerprint density at radius 3 is 2.44 bits per heavy atom. The Morgan fingerprint density at radius 1 is 1.00 bits per heavy atom. The first-order chi connectivity index (χ1) is 16.4. The largest absolute Gasteiger partial charge is 0.342 e. The average molecular weight is 455 g/mol. The van der Waals surface area contributed by atoms with E-state index in [0.717, 1.165) is 40.0 Å². The van der Waals surface area contributed by atoms with E-state index in [1.54, 1.807) is 0 Å². The van der Waals surface area contributed by atoms with Crippen molar-refractivity contribution in [2.75, 3.05) is 13.6 Å². The molecular formula is C29H34N4O. The van der Waals surface area contributed by atoms with Gasteiger partial charge in [0.1, 0.15) is 5.82 Å². The second-order valence-corrected chi connectivity index (χ2v) is 9.10. The minimum Gasteiger partial charge on any atom is -0.342 e. The molecule has 4 aromatic rings. The van der Waals surface area contributed by atoms with Crippen LogP contribution < -0.4 is 0 Å². The minimum absolute atomic E-state index is 0.00470. The standard InChI is InChI=1S/C29H34N4O/c1-6-16-33(29(34)32(5)21(3)23-10-8-7-9-11-23)19-26-17-24(13-12-20(26)2)25-14-15-27-28(18-25)31-22(4)30-27/h7-15,17-18,21H,6,16,19H2,1-5H3,(H,30,31)/t21-/m0/s1. The van der Waals surface area contributed by atoms with Gasteiger partial charge in [0.05, 0.1) is 17.1 Å². The van der Waals surface area contributed by atoms with Crippen molar-refractivity contribution in [2.24, 2.45) is 0 Å². The van der Waals surface area contributed by atoms with Crippen molar-refractivity contribution in [1.29, 1.82) is 0 Å². The van der Waals surface area contributed by atoms with Crippen LogP contribution in [-0.4, -0.2) is 39.4 Å². The van der Waals surface area contributed by atoms with Gasteiger partial charge in [-0.15, -0.1) is 0 Å². The second kappa shape index (κ2) is 10.1. The zero-order valence-electron chi connectivity index (χ0n) is 20.8. The lowest BCUT2D eigenvalue weighted by atomic mass is 9.99. The van der Waals surface area contributed by atoms with Crippen LogP contribution in [0.15, 0.2) is 66.7 Å². The molecule has 0 aliphatic carbocycles. The topological polar surface area (TPSA) is 52.2 Å². The summed E-state index contributed by atoms with van der Waals surface area (Å²) in [4.78, 5) is 25.2. The Balaban J connectivity index is 1.58. The maximum atomic E-state index is 13.5. The van der Waals surface area contributed by atoms with Crippen molar-refractivity contribution in [3.8, 4) is 11.1 Å². The number of benzene rings is 3. The number of aryl methyl sites for hydroxylation is 2. The first-order valence-electron chi connectivity index (χ1n) is 12.0. The summed E-state index contributed by atoms with van der Waals surface area (Å²) in [5.41, 5.74) is 7.79. The molecule has 0 aliphatic heterocycles. The van der Waals surface area contributed by atoms with Crippen molar-refractivity contribution in [3.05, 3.63) is 89.2 Å². The Morgan fingerprint density at radius 2 is 1.71 bits per heavy atom. The first kappa shape index (κ1) is 23.6. The summed E-state index contributed by atoms with van der Waals surface area (Å²) in [7, 11) is 1.90. The van der Waals surface area contributed by atoms with Gasteiger partial charge in [-0.25, -0.2) is 9.78 Å². The van der Waals surface area contributed by atoms with Gasteiger partial charge >= 0.3 is 6.03 Å². The van der Waals surface area contributed by atoms with Gasteiger partial charge in [0.2, 0.25) is 0 Å². The van der Waals surface area contributed by atoms with Crippen molar-refractivity contribution >= 4 is 17.1 Å². The van der Waals surface area contributed by atoms with E-state index in [0.29, 0.717) is 13.1 Å². The molecule has 0 unspecified atom stereocenters. The summed E-state index contributed by atoms with van der Waals surface area (Å²) in [6, 6.07) is 23.1. The predicted octanol–water partition coefficient (Wildman–Crippen LogP) is 6.87. The summed E-state index contributed by atoms with van der Waals surface area (Å²) in [5.74, 6) is 0.916. The normalized spacial score (nSPS) is 12.0. The van der Waals surface area contributed by atoms with Crippen molar-refractivity contribution in [2.45, 2.75) is 46.7 Å². The zero-order valence-corrected chi connectivity index (χ0v) is 20.8. The molecule has 4 rings (SSSR count). The average Bonchev–Trinajstić information content (AvgIpc) is 3.23. The van der Waals surface area contributed by atoms with Crippen LogP contribution in [0.3, 0.4) is 0 Å². The Bertz CT molecular complexity index is 1280. The third-order valence-corrected chi connectivity index (χ3v) is 6.57. The van der Waals surface area contributed by atoms with Gasteiger partial charge in [-0.1, -0.05) is 55.5 Å². The third-order valence-electron chi connectivity index (χ3n) is 6.57. The minimum atomic E-state index is 0.00470. The lowest BCUT2D eigenvalue weighted by Gasteiger charge is -2.32. The molecule has 3 aromatic carbocycles. The van der Waals surface area contributed by atoms with E-state index in [4.69, 9.17) is 0 Å². The van der Waals surface area contributed by atoms with Crippen LogP contribution in [0.1, 0.15) is 48.8 Å². The number of rotatable bonds is 7. The maximum absolute atomic E-state index is 13.5. The Hall–Kier alpha value is -3.60. The second-order valence-electron chi connectivity index (χ2n) is 9.10. The fourth-order valence-electron chi connectivity index (χ4n) is 4.40. The number of hydrogen-bond acceptors (Lipinski definition) is 2. The number of carbonyl (C=O) groups is 1. The molecule has 176 valence electrons. The molecule has 0 bridgehead atoms. The molecule has 1 aromatic heterocycles. The highest BCUT2D eigenvalue weighted by atomic mass is 16.2. The summed E-state index contributed by atoms with van der Waals surface area (Å²) >= 11 is 0. The summed E-state index contributed by atoms with van der Waals surface area (Å²) < 4.78 is 0. The zero-order chi connectivity index (χ0) is 24.2. The van der Waals surface area contributed by atoms with Gasteiger partial charge in [-0.2, -0.15) is 0 Å². The quantitative estimate of drug-likeness (QED) is 0.331. The maximum Gasteiger partial charge on any atom is 0.320 e. The number of aromatic nitrogens is 2. The van der Waals surface area contributed by atoms with Gasteiger partial charge in [0.25, 0.3) is 0 Å². The lowest BCUT2D eigenvalue weighted by molar-refractivity contribution is 0.146. The lowest BCUT2D eigenvalue weighted by Crippen LogP contribution is -2.42. The van der Waals surface area contributed by atoms with E-state index in [1.165, 1.54) is 11.1 Å². The van der Waals surface area contributed by atoms with Crippen LogP contribution in [0.4, 0.5) is 4.79 Å². The van der Waals surface area contributed by atoms with E-state index < -0.39 is 0 Å². The highest BCUT2D eigenvalue weighted by Crippen LogP contribution is 2.27. The monoisotopic (exact) mass is 454 g/mol. The molecular weight excluding hydrogens is 420 g/mol. The highest BCUT2D eigenvalue weighted by Gasteiger charge is 2.23. The van der Waals surface area contributed by atoms with Crippen molar-refractivity contribution in [1.82, 2.24) is 19.8 Å². The smallest absolute Gasteiger partial charge is 0.320 e. The van der Waals surface area contributed by atoms with Crippen LogP contribution in [-0.2, 0) is 6.54 Å². The summed E-state index contributed by atoms with van der Waals surface area (Å²) in [5, 5.41) is 0. The van der Waals surface area contributed by atoms with Crippen molar-refractivity contribution in [3.63, 3.8) is 0 Å². The van der Waals surface area contributed by atoms with Gasteiger partial charge in [0.15, 0.2) is 0 Å². The molecule has 0 fully saturated rings. The number of aromatic amines is 1. The molecule has 34 heavy (non-hydrogen) atoms. The number of hydrogen-bond donors (Lipinski definition) is 1. The number of amides is 2. The molecule has 2 amide bonds. The molecule has 1 N–H and O–H groups in total. The molecule has 0 saturated carbocycles. The van der Waals surface area contributed by atoms with Crippen molar-refractivity contribution < 1.29 is 4.79 Å². The molecule has 1 heterocycles. The summed E-state index contributed by atoms with van der Waals surface area (Å²) in [6.07, 6.45) is 0.911. The van der Waals surface area contributed by atoms with Crippen LogP contribution in [0.25, 0.3) is 22.2 Å². The Kier molecular flexibility index (Phi) is 7.01. The van der Waals surface area contributed by atoms with Gasteiger partial charge < -0.3 is 14.8 Å². The van der Waals surface area contributed by atoms with E-state index >= 15 is 0 Å². The summed E-state index contributed by atoms with van der Waals surface area (Å²) in [6.45, 7) is 9.59. The number of H-pyrrole nitrogens is 1. The highest BCUT2D eigenvalue weighted by molar-refractivity contribution is 5.82. The van der Waals surface area contributed by atoms with Gasteiger partial charge in [-0.3, -0.25) is 0 Å². The van der Waals surface area contributed by atoms with Gasteiger partial charge in [-0.05, 0) is 73.2 Å². The third kappa shape index (κ3) is 4.98. The molecule has 5 nitrogen and oxygen atoms in total. The number of fused-ring (bicyclic) bond motifs is 1. The number of urea groups is 1. The fraction of sp³-hybridized carbons (Fsp3) is 0.310. The fourth-order valence-corrected chi connectivity index (χ4v) is 4.40. The molecule has 0 aliphatic rings. The molecule has 0 radical (unpaired) electrons. The molecule has 0 spiro atoms. The predicted molar refractivity (Wildman–Crippen MR) is 140 cm³/mol. The first-order valence-corrected chi connectivity index (χ1v) is 12.0. The number of imidazole rings is 1. The van der Waals surface area contributed by atoms with E-state index in [1.807, 2.05) is 42.0 Å². The van der Waals surface area contributed by atoms with E-state index in [2.05, 4.69) is 79.3 Å². The Labute approximate surface area is 202 Å².